The Balaban J connectivity index is 2.59. The molecular weight excluding hydrogens is 229 g/mol. The van der Waals surface area contributed by atoms with Crippen molar-refractivity contribution in [3.8, 4) is 11.1 Å². The molecule has 0 spiro atoms. The van der Waals surface area contributed by atoms with E-state index in [1.54, 1.807) is 24.3 Å². The highest BCUT2D eigenvalue weighted by molar-refractivity contribution is 6.30. The molecule has 0 saturated carbocycles. The largest absolute Gasteiger partial charge is 0.384 e. The van der Waals surface area contributed by atoms with Gasteiger partial charge in [0.15, 0.2) is 0 Å². The molecule has 0 bridgehead atoms. The molecule has 1 aromatic carbocycles. The Hall–Kier alpha value is -1.81. The minimum atomic E-state index is -0.439. The van der Waals surface area contributed by atoms with Gasteiger partial charge in [-0.2, -0.15) is 0 Å². The van der Waals surface area contributed by atoms with Crippen molar-refractivity contribution >= 4 is 23.2 Å². The fourth-order valence-corrected chi connectivity index (χ4v) is 1.59. The van der Waals surface area contributed by atoms with Gasteiger partial charge in [0.25, 0.3) is 0 Å². The maximum Gasteiger partial charge on any atom is 0.133 e. The summed E-state index contributed by atoms with van der Waals surface area (Å²) in [5.41, 5.74) is 12.0. The van der Waals surface area contributed by atoms with Gasteiger partial charge in [-0.25, -0.2) is 9.37 Å². The molecule has 0 aliphatic heterocycles. The van der Waals surface area contributed by atoms with Crippen molar-refractivity contribution in [3.05, 3.63) is 41.2 Å². The van der Waals surface area contributed by atoms with Crippen molar-refractivity contribution in [1.82, 2.24) is 4.98 Å². The molecule has 0 aliphatic carbocycles. The second-order valence-electron chi connectivity index (χ2n) is 3.29. The molecule has 0 aliphatic rings. The lowest BCUT2D eigenvalue weighted by atomic mass is 10.1. The molecule has 0 amide bonds. The molecule has 0 fully saturated rings. The Morgan fingerprint density at radius 2 is 1.75 bits per heavy atom. The van der Waals surface area contributed by atoms with E-state index in [-0.39, 0.29) is 5.82 Å². The zero-order valence-electron chi connectivity index (χ0n) is 8.24. The number of nitrogens with zero attached hydrogens (tertiary/aromatic N) is 1. The Labute approximate surface area is 96.9 Å². The van der Waals surface area contributed by atoms with E-state index in [1.165, 1.54) is 6.07 Å². The van der Waals surface area contributed by atoms with Crippen molar-refractivity contribution < 1.29 is 4.39 Å². The van der Waals surface area contributed by atoms with Gasteiger partial charge in [-0.3, -0.25) is 0 Å². The van der Waals surface area contributed by atoms with Gasteiger partial charge in [0, 0.05) is 16.1 Å². The number of rotatable bonds is 1. The number of pyridine rings is 1. The zero-order valence-corrected chi connectivity index (χ0v) is 9.00. The lowest BCUT2D eigenvalue weighted by Gasteiger charge is -2.07. The van der Waals surface area contributed by atoms with E-state index in [0.29, 0.717) is 22.0 Å². The van der Waals surface area contributed by atoms with Crippen LogP contribution in [0.5, 0.6) is 0 Å². The maximum absolute atomic E-state index is 13.6. The molecule has 5 heteroatoms. The Morgan fingerprint density at radius 3 is 2.38 bits per heavy atom. The molecule has 2 rings (SSSR count). The molecule has 0 radical (unpaired) electrons. The minimum absolute atomic E-state index is 0.196. The van der Waals surface area contributed by atoms with Crippen molar-refractivity contribution in [2.24, 2.45) is 0 Å². The number of hydrogen-bond donors (Lipinski definition) is 2. The van der Waals surface area contributed by atoms with Crippen molar-refractivity contribution in [2.45, 2.75) is 0 Å². The summed E-state index contributed by atoms with van der Waals surface area (Å²) in [6.45, 7) is 0. The predicted molar refractivity (Wildman–Crippen MR) is 63.5 cm³/mol. The number of nitrogen functional groups attached to an aromatic ring is 2. The van der Waals surface area contributed by atoms with Gasteiger partial charge in [0.05, 0.1) is 0 Å². The van der Waals surface area contributed by atoms with E-state index in [2.05, 4.69) is 4.98 Å². The van der Waals surface area contributed by atoms with Gasteiger partial charge >= 0.3 is 0 Å². The molecule has 0 saturated heterocycles. The van der Waals surface area contributed by atoms with Gasteiger partial charge in [0.2, 0.25) is 0 Å². The first-order chi connectivity index (χ1) is 7.58. The highest BCUT2D eigenvalue weighted by Gasteiger charge is 2.09. The zero-order chi connectivity index (χ0) is 11.7. The lowest BCUT2D eigenvalue weighted by Crippen LogP contribution is -1.99. The molecule has 1 aromatic heterocycles. The van der Waals surface area contributed by atoms with E-state index in [4.69, 9.17) is 23.1 Å². The fraction of sp³-hybridized carbons (Fsp3) is 0. The van der Waals surface area contributed by atoms with E-state index >= 15 is 0 Å². The Morgan fingerprint density at radius 1 is 1.06 bits per heavy atom. The van der Waals surface area contributed by atoms with Gasteiger partial charge in [0.1, 0.15) is 17.5 Å². The molecule has 0 unspecified atom stereocenters. The predicted octanol–water partition coefficient (Wildman–Crippen LogP) is 2.71. The topological polar surface area (TPSA) is 64.9 Å². The van der Waals surface area contributed by atoms with E-state index in [0.717, 1.165) is 0 Å². The highest BCUT2D eigenvalue weighted by atomic mass is 35.5. The third-order valence-electron chi connectivity index (χ3n) is 2.17. The van der Waals surface area contributed by atoms with Crippen LogP contribution in [0.3, 0.4) is 0 Å². The van der Waals surface area contributed by atoms with Crippen LogP contribution in [0, 0.1) is 5.82 Å². The first kappa shape index (κ1) is 10.7. The van der Waals surface area contributed by atoms with Gasteiger partial charge in [-0.1, -0.05) is 11.6 Å². The second kappa shape index (κ2) is 3.98. The van der Waals surface area contributed by atoms with E-state index < -0.39 is 5.82 Å². The number of halogens is 2. The molecule has 2 aromatic rings. The summed E-state index contributed by atoms with van der Waals surface area (Å²) in [6, 6.07) is 7.58. The standard InChI is InChI=1S/C11H9ClFN3/c12-6-1-2-7(9(13)5-6)8-3-4-10(14)16-11(8)15/h1-5H,(H4,14,15,16). The Bertz CT molecular complexity index is 493. The number of anilines is 2. The van der Waals surface area contributed by atoms with Gasteiger partial charge in [-0.15, -0.1) is 0 Å². The van der Waals surface area contributed by atoms with Crippen LogP contribution in [0.2, 0.25) is 5.02 Å². The normalized spacial score (nSPS) is 10.4. The molecule has 1 heterocycles. The second-order valence-corrected chi connectivity index (χ2v) is 3.73. The SMILES string of the molecule is Nc1ccc(-c2ccc(Cl)cc2F)c(N)n1. The summed E-state index contributed by atoms with van der Waals surface area (Å²) in [4.78, 5) is 3.87. The smallest absolute Gasteiger partial charge is 0.133 e. The van der Waals surface area contributed by atoms with Crippen LogP contribution in [0.4, 0.5) is 16.0 Å². The summed E-state index contributed by atoms with van der Waals surface area (Å²) in [7, 11) is 0. The molecule has 4 N–H and O–H groups in total. The van der Waals surface area contributed by atoms with Crippen molar-refractivity contribution in [1.29, 1.82) is 0 Å². The van der Waals surface area contributed by atoms with Gasteiger partial charge < -0.3 is 11.5 Å². The molecular formula is C11H9ClFN3. The van der Waals surface area contributed by atoms with Gasteiger partial charge in [-0.05, 0) is 30.3 Å². The maximum atomic E-state index is 13.6. The third-order valence-corrected chi connectivity index (χ3v) is 2.40. The van der Waals surface area contributed by atoms with Crippen LogP contribution >= 0.6 is 11.6 Å². The fourth-order valence-electron chi connectivity index (χ4n) is 1.43. The van der Waals surface area contributed by atoms with Crippen molar-refractivity contribution in [2.75, 3.05) is 11.5 Å². The van der Waals surface area contributed by atoms with E-state index in [9.17, 15) is 4.39 Å². The van der Waals surface area contributed by atoms with E-state index in [1.807, 2.05) is 0 Å². The minimum Gasteiger partial charge on any atom is -0.384 e. The lowest BCUT2D eigenvalue weighted by molar-refractivity contribution is 0.631. The molecule has 0 atom stereocenters. The monoisotopic (exact) mass is 237 g/mol. The number of hydrogen-bond acceptors (Lipinski definition) is 3. The average Bonchev–Trinajstić information content (AvgIpc) is 2.19. The van der Waals surface area contributed by atoms with Crippen LogP contribution in [-0.4, -0.2) is 4.98 Å². The number of aromatic nitrogens is 1. The Kier molecular flexibility index (Phi) is 2.66. The number of benzene rings is 1. The highest BCUT2D eigenvalue weighted by Crippen LogP contribution is 2.29. The van der Waals surface area contributed by atoms with Crippen LogP contribution in [0.15, 0.2) is 30.3 Å². The number of nitrogens with two attached hydrogens (primary N) is 2. The summed E-state index contributed by atoms with van der Waals surface area (Å²) in [5.74, 6) is 0.0580. The summed E-state index contributed by atoms with van der Waals surface area (Å²) in [6.07, 6.45) is 0. The van der Waals surface area contributed by atoms with Crippen LogP contribution in [0.1, 0.15) is 0 Å². The first-order valence-electron chi connectivity index (χ1n) is 4.55. The first-order valence-corrected chi connectivity index (χ1v) is 4.93. The van der Waals surface area contributed by atoms with Crippen LogP contribution < -0.4 is 11.5 Å². The summed E-state index contributed by atoms with van der Waals surface area (Å²) in [5, 5.41) is 0.336. The molecule has 3 nitrogen and oxygen atoms in total. The summed E-state index contributed by atoms with van der Waals surface area (Å²) >= 11 is 5.66. The average molecular weight is 238 g/mol. The van der Waals surface area contributed by atoms with Crippen LogP contribution in [-0.2, 0) is 0 Å². The quantitative estimate of drug-likeness (QED) is 0.802. The summed E-state index contributed by atoms with van der Waals surface area (Å²) < 4.78 is 13.6. The molecule has 16 heavy (non-hydrogen) atoms. The van der Waals surface area contributed by atoms with Crippen LogP contribution in [0.25, 0.3) is 11.1 Å². The molecule has 82 valence electrons. The van der Waals surface area contributed by atoms with Crippen molar-refractivity contribution in [3.63, 3.8) is 0 Å². The third kappa shape index (κ3) is 1.92.